The molecule has 2 rings (SSSR count). The quantitative estimate of drug-likeness (QED) is 0.842. The third-order valence-corrected chi connectivity index (χ3v) is 3.31. The molecule has 0 aliphatic carbocycles. The lowest BCUT2D eigenvalue weighted by Crippen LogP contribution is -2.17. The Morgan fingerprint density at radius 1 is 1.25 bits per heavy atom. The van der Waals surface area contributed by atoms with E-state index in [1.807, 2.05) is 29.2 Å². The van der Waals surface area contributed by atoms with Crippen LogP contribution < -0.4 is 10.1 Å². The summed E-state index contributed by atoms with van der Waals surface area (Å²) in [5.74, 6) is 0.890. The summed E-state index contributed by atoms with van der Waals surface area (Å²) in [5.41, 5.74) is 2.37. The van der Waals surface area contributed by atoms with Crippen LogP contribution in [0.3, 0.4) is 0 Å². The highest BCUT2D eigenvalue weighted by Gasteiger charge is 2.04. The summed E-state index contributed by atoms with van der Waals surface area (Å²) in [5, 5.41) is 7.63. The molecule has 1 atom stereocenters. The van der Waals surface area contributed by atoms with Gasteiger partial charge < -0.3 is 10.1 Å². The first-order chi connectivity index (χ1) is 9.72. The molecule has 0 radical (unpaired) electrons. The summed E-state index contributed by atoms with van der Waals surface area (Å²) in [7, 11) is 0. The minimum Gasteiger partial charge on any atom is -0.489 e. The molecular weight excluding hydrogens is 250 g/mol. The number of rotatable bonds is 7. The van der Waals surface area contributed by atoms with E-state index in [1.54, 1.807) is 0 Å². The monoisotopic (exact) mass is 273 g/mol. The molecule has 0 aliphatic heterocycles. The molecule has 20 heavy (non-hydrogen) atoms. The summed E-state index contributed by atoms with van der Waals surface area (Å²) >= 11 is 0. The van der Waals surface area contributed by atoms with Gasteiger partial charge in [0, 0.05) is 24.3 Å². The minimum absolute atomic E-state index is 0.372. The van der Waals surface area contributed by atoms with Crippen molar-refractivity contribution in [2.75, 3.05) is 6.54 Å². The first-order valence-electron chi connectivity index (χ1n) is 7.20. The molecule has 4 heteroatoms. The van der Waals surface area contributed by atoms with E-state index in [2.05, 4.69) is 43.3 Å². The zero-order valence-electron chi connectivity index (χ0n) is 12.5. The fraction of sp³-hybridized carbons (Fsp3) is 0.438. The zero-order valence-corrected chi connectivity index (χ0v) is 12.5. The predicted molar refractivity (Wildman–Crippen MR) is 80.8 cm³/mol. The van der Waals surface area contributed by atoms with Crippen molar-refractivity contribution in [2.24, 2.45) is 0 Å². The average Bonchev–Trinajstić information content (AvgIpc) is 2.94. The van der Waals surface area contributed by atoms with Crippen molar-refractivity contribution in [3.63, 3.8) is 0 Å². The van der Waals surface area contributed by atoms with Crippen LogP contribution in [0.5, 0.6) is 5.75 Å². The van der Waals surface area contributed by atoms with Crippen LogP contribution in [-0.4, -0.2) is 16.3 Å². The van der Waals surface area contributed by atoms with E-state index >= 15 is 0 Å². The Labute approximate surface area is 120 Å². The fourth-order valence-electron chi connectivity index (χ4n) is 2.10. The number of benzene rings is 1. The summed E-state index contributed by atoms with van der Waals surface area (Å²) in [4.78, 5) is 0. The maximum Gasteiger partial charge on any atom is 0.119 e. The Balaban J connectivity index is 1.90. The second-order valence-electron chi connectivity index (χ2n) is 4.84. The molecule has 0 saturated heterocycles. The van der Waals surface area contributed by atoms with Crippen molar-refractivity contribution in [2.45, 2.75) is 40.0 Å². The fourth-order valence-corrected chi connectivity index (χ4v) is 2.10. The van der Waals surface area contributed by atoms with Gasteiger partial charge in [-0.2, -0.15) is 5.10 Å². The van der Waals surface area contributed by atoms with Crippen molar-refractivity contribution < 1.29 is 4.74 Å². The second-order valence-corrected chi connectivity index (χ2v) is 4.84. The van der Waals surface area contributed by atoms with E-state index in [4.69, 9.17) is 4.74 Å². The van der Waals surface area contributed by atoms with Gasteiger partial charge in [0.15, 0.2) is 0 Å². The molecule has 1 N–H and O–H groups in total. The third-order valence-electron chi connectivity index (χ3n) is 3.31. The van der Waals surface area contributed by atoms with Crippen LogP contribution >= 0.6 is 0 Å². The topological polar surface area (TPSA) is 39.1 Å². The molecule has 0 saturated carbocycles. The zero-order chi connectivity index (χ0) is 14.4. The molecule has 1 aromatic carbocycles. The lowest BCUT2D eigenvalue weighted by atomic mass is 10.1. The highest BCUT2D eigenvalue weighted by Crippen LogP contribution is 2.18. The number of aryl methyl sites for hydroxylation is 1. The van der Waals surface area contributed by atoms with Crippen molar-refractivity contribution >= 4 is 0 Å². The molecule has 1 heterocycles. The Kier molecular flexibility index (Phi) is 5.18. The van der Waals surface area contributed by atoms with Gasteiger partial charge in [-0.25, -0.2) is 0 Å². The van der Waals surface area contributed by atoms with E-state index in [1.165, 1.54) is 5.56 Å². The largest absolute Gasteiger partial charge is 0.489 e. The van der Waals surface area contributed by atoms with Gasteiger partial charge in [-0.05, 0) is 38.1 Å². The smallest absolute Gasteiger partial charge is 0.119 e. The summed E-state index contributed by atoms with van der Waals surface area (Å²) in [6, 6.07) is 8.63. The normalized spacial score (nSPS) is 12.3. The van der Waals surface area contributed by atoms with Crippen molar-refractivity contribution in [3.8, 4) is 5.75 Å². The molecule has 0 spiro atoms. The van der Waals surface area contributed by atoms with Crippen LogP contribution in [-0.2, 0) is 13.2 Å². The van der Waals surface area contributed by atoms with E-state index < -0.39 is 0 Å². The molecule has 1 aromatic heterocycles. The van der Waals surface area contributed by atoms with Crippen LogP contribution in [0, 0.1) is 0 Å². The van der Waals surface area contributed by atoms with Crippen molar-refractivity contribution in [1.29, 1.82) is 0 Å². The number of nitrogens with one attached hydrogen (secondary N) is 1. The number of hydrogen-bond acceptors (Lipinski definition) is 3. The van der Waals surface area contributed by atoms with E-state index in [-0.39, 0.29) is 0 Å². The van der Waals surface area contributed by atoms with E-state index in [0.717, 1.165) is 24.4 Å². The van der Waals surface area contributed by atoms with Crippen LogP contribution in [0.1, 0.15) is 37.9 Å². The molecule has 0 amide bonds. The molecule has 4 nitrogen and oxygen atoms in total. The van der Waals surface area contributed by atoms with Gasteiger partial charge in [-0.3, -0.25) is 4.68 Å². The maximum atomic E-state index is 5.77. The molecular formula is C16H23N3O. The van der Waals surface area contributed by atoms with Crippen molar-refractivity contribution in [1.82, 2.24) is 15.1 Å². The number of ether oxygens (including phenoxy) is 1. The van der Waals surface area contributed by atoms with Crippen LogP contribution in [0.4, 0.5) is 0 Å². The Hall–Kier alpha value is -1.81. The Morgan fingerprint density at radius 3 is 2.60 bits per heavy atom. The summed E-state index contributed by atoms with van der Waals surface area (Å²) in [6.45, 7) is 8.77. The van der Waals surface area contributed by atoms with Crippen LogP contribution in [0.15, 0.2) is 36.7 Å². The highest BCUT2D eigenvalue weighted by molar-refractivity contribution is 5.29. The van der Waals surface area contributed by atoms with Gasteiger partial charge in [0.2, 0.25) is 0 Å². The Morgan fingerprint density at radius 2 is 2.00 bits per heavy atom. The number of aromatic nitrogens is 2. The first kappa shape index (κ1) is 14.6. The molecule has 2 aromatic rings. The van der Waals surface area contributed by atoms with E-state index in [0.29, 0.717) is 12.6 Å². The van der Waals surface area contributed by atoms with Gasteiger partial charge >= 0.3 is 0 Å². The first-order valence-corrected chi connectivity index (χ1v) is 7.20. The molecule has 0 bridgehead atoms. The molecule has 108 valence electrons. The lowest BCUT2D eigenvalue weighted by Gasteiger charge is -2.13. The van der Waals surface area contributed by atoms with Gasteiger partial charge in [-0.1, -0.05) is 19.1 Å². The number of nitrogens with zero attached hydrogens (tertiary/aromatic N) is 2. The highest BCUT2D eigenvalue weighted by atomic mass is 16.5. The molecule has 0 aliphatic rings. The van der Waals surface area contributed by atoms with Gasteiger partial charge in [0.25, 0.3) is 0 Å². The van der Waals surface area contributed by atoms with Gasteiger partial charge in [-0.15, -0.1) is 0 Å². The molecule has 1 unspecified atom stereocenters. The SMILES string of the molecule is CCNC(C)c1ccc(OCc2cnn(CC)c2)cc1. The maximum absolute atomic E-state index is 5.77. The summed E-state index contributed by atoms with van der Waals surface area (Å²) in [6.07, 6.45) is 3.87. The average molecular weight is 273 g/mol. The Bertz CT molecular complexity index is 519. The second kappa shape index (κ2) is 7.10. The lowest BCUT2D eigenvalue weighted by molar-refractivity contribution is 0.306. The van der Waals surface area contributed by atoms with E-state index in [9.17, 15) is 0 Å². The van der Waals surface area contributed by atoms with Crippen LogP contribution in [0.2, 0.25) is 0 Å². The van der Waals surface area contributed by atoms with Crippen molar-refractivity contribution in [3.05, 3.63) is 47.8 Å². The standard InChI is InChI=1S/C16H23N3O/c1-4-17-13(3)15-6-8-16(9-7-15)20-12-14-10-18-19(5-2)11-14/h6-11,13,17H,4-5,12H2,1-3H3. The third kappa shape index (κ3) is 3.84. The predicted octanol–water partition coefficient (Wildman–Crippen LogP) is 3.15. The van der Waals surface area contributed by atoms with Gasteiger partial charge in [0.1, 0.15) is 12.4 Å². The molecule has 0 fully saturated rings. The van der Waals surface area contributed by atoms with Crippen LogP contribution in [0.25, 0.3) is 0 Å². The number of hydrogen-bond donors (Lipinski definition) is 1. The summed E-state index contributed by atoms with van der Waals surface area (Å²) < 4.78 is 7.67. The minimum atomic E-state index is 0.372. The van der Waals surface area contributed by atoms with Gasteiger partial charge in [0.05, 0.1) is 6.20 Å².